The molecule has 0 aliphatic heterocycles. The number of nitrogens with zero attached hydrogens (tertiary/aromatic N) is 2. The van der Waals surface area contributed by atoms with Crippen LogP contribution in [-0.2, 0) is 28.9 Å². The lowest BCUT2D eigenvalue weighted by Gasteiger charge is -2.22. The number of thiophene rings is 1. The Morgan fingerprint density at radius 1 is 1.36 bits per heavy atom. The van der Waals surface area contributed by atoms with Crippen LogP contribution >= 0.6 is 11.3 Å². The van der Waals surface area contributed by atoms with Crippen molar-refractivity contribution >= 4 is 33.5 Å². The predicted molar refractivity (Wildman–Crippen MR) is 100 cm³/mol. The van der Waals surface area contributed by atoms with Crippen LogP contribution in [-0.4, -0.2) is 28.7 Å². The second-order valence-corrected chi connectivity index (χ2v) is 7.85. The molecule has 0 saturated heterocycles. The number of aromatic nitrogens is 2. The molecule has 0 aromatic carbocycles. The van der Waals surface area contributed by atoms with Gasteiger partial charge in [0.15, 0.2) is 0 Å². The fourth-order valence-corrected chi connectivity index (χ4v) is 4.66. The number of anilines is 1. The van der Waals surface area contributed by atoms with Gasteiger partial charge in [0.05, 0.1) is 12.5 Å². The number of esters is 1. The van der Waals surface area contributed by atoms with Crippen molar-refractivity contribution in [2.24, 2.45) is 5.92 Å². The average molecular weight is 363 g/mol. The van der Waals surface area contributed by atoms with E-state index in [9.17, 15) is 9.59 Å². The molecule has 2 aromatic heterocycles. The molecule has 2 aromatic rings. The number of methoxy groups -OCH3 is 1. The van der Waals surface area contributed by atoms with Gasteiger partial charge in [0, 0.05) is 11.4 Å². The number of nitrogens with one attached hydrogen (secondary N) is 1. The maximum absolute atomic E-state index is 13.1. The second kappa shape index (κ2) is 7.15. The number of hydrogen-bond donors (Lipinski definition) is 1. The highest BCUT2D eigenvalue weighted by molar-refractivity contribution is 7.18. The van der Waals surface area contributed by atoms with Crippen LogP contribution in [0.2, 0.25) is 0 Å². The molecule has 0 spiro atoms. The summed E-state index contributed by atoms with van der Waals surface area (Å²) in [6.45, 7) is 6.29. The van der Waals surface area contributed by atoms with Crippen LogP contribution in [0.5, 0.6) is 0 Å². The first kappa shape index (κ1) is 17.9. The van der Waals surface area contributed by atoms with E-state index in [0.29, 0.717) is 12.5 Å². The molecule has 136 valence electrons. The minimum atomic E-state index is -0.540. The number of aryl methyl sites for hydroxylation is 2. The van der Waals surface area contributed by atoms with E-state index in [1.54, 1.807) is 15.9 Å². The smallest absolute Gasteiger partial charge is 0.328 e. The molecule has 0 radical (unpaired) electrons. The zero-order valence-corrected chi connectivity index (χ0v) is 16.0. The first-order valence-electron chi connectivity index (χ1n) is 8.87. The molecule has 0 amide bonds. The standard InChI is InChI=1S/C18H25N3O3S/c1-5-21-16(22)13-11-8-6-7-9-12(11)25-15(13)20-18(21)19-14(10(2)3)17(23)24-4/h10,14H,5-9H2,1-4H3,(H,19,20). The number of carbonyl (C=O) groups excluding carboxylic acids is 1. The van der Waals surface area contributed by atoms with Crippen molar-refractivity contribution in [1.82, 2.24) is 9.55 Å². The summed E-state index contributed by atoms with van der Waals surface area (Å²) in [4.78, 5) is 31.9. The van der Waals surface area contributed by atoms with Gasteiger partial charge in [0.2, 0.25) is 5.95 Å². The molecule has 3 rings (SSSR count). The van der Waals surface area contributed by atoms with E-state index < -0.39 is 6.04 Å². The first-order valence-corrected chi connectivity index (χ1v) is 9.69. The van der Waals surface area contributed by atoms with Crippen LogP contribution in [0.4, 0.5) is 5.95 Å². The zero-order chi connectivity index (χ0) is 18.1. The van der Waals surface area contributed by atoms with Gasteiger partial charge in [0.25, 0.3) is 5.56 Å². The molecular formula is C18H25N3O3S. The number of carbonyl (C=O) groups is 1. The fourth-order valence-electron chi connectivity index (χ4n) is 3.41. The average Bonchev–Trinajstić information content (AvgIpc) is 2.97. The van der Waals surface area contributed by atoms with Crippen molar-refractivity contribution in [1.29, 1.82) is 0 Å². The quantitative estimate of drug-likeness (QED) is 0.827. The molecule has 2 heterocycles. The highest BCUT2D eigenvalue weighted by Crippen LogP contribution is 2.34. The van der Waals surface area contributed by atoms with Crippen molar-refractivity contribution in [2.75, 3.05) is 12.4 Å². The summed E-state index contributed by atoms with van der Waals surface area (Å²) in [5, 5.41) is 3.92. The lowest BCUT2D eigenvalue weighted by atomic mass is 9.97. The van der Waals surface area contributed by atoms with Gasteiger partial charge in [-0.05, 0) is 44.1 Å². The number of rotatable bonds is 5. The molecule has 25 heavy (non-hydrogen) atoms. The Kier molecular flexibility index (Phi) is 5.13. The molecule has 1 atom stereocenters. The molecular weight excluding hydrogens is 338 g/mol. The van der Waals surface area contributed by atoms with Gasteiger partial charge in [-0.25, -0.2) is 9.78 Å². The van der Waals surface area contributed by atoms with Gasteiger partial charge in [-0.1, -0.05) is 13.8 Å². The Morgan fingerprint density at radius 2 is 2.08 bits per heavy atom. The summed E-state index contributed by atoms with van der Waals surface area (Å²) >= 11 is 1.62. The Hall–Kier alpha value is -1.89. The van der Waals surface area contributed by atoms with E-state index in [-0.39, 0.29) is 17.4 Å². The molecule has 0 bridgehead atoms. The van der Waals surface area contributed by atoms with Gasteiger partial charge in [-0.15, -0.1) is 11.3 Å². The van der Waals surface area contributed by atoms with Crippen LogP contribution in [0.15, 0.2) is 4.79 Å². The first-order chi connectivity index (χ1) is 12.0. The Balaban J connectivity index is 2.12. The van der Waals surface area contributed by atoms with Crippen molar-refractivity contribution in [2.45, 2.75) is 59.0 Å². The van der Waals surface area contributed by atoms with E-state index >= 15 is 0 Å². The van der Waals surface area contributed by atoms with Gasteiger partial charge in [0.1, 0.15) is 10.9 Å². The van der Waals surface area contributed by atoms with Gasteiger partial charge in [-0.2, -0.15) is 0 Å². The van der Waals surface area contributed by atoms with E-state index in [1.165, 1.54) is 24.0 Å². The van der Waals surface area contributed by atoms with Gasteiger partial charge < -0.3 is 10.1 Å². The number of fused-ring (bicyclic) bond motifs is 3. The number of ether oxygens (including phenoxy) is 1. The third kappa shape index (κ3) is 3.17. The molecule has 6 nitrogen and oxygen atoms in total. The maximum atomic E-state index is 13.1. The highest BCUT2D eigenvalue weighted by Gasteiger charge is 2.26. The largest absolute Gasteiger partial charge is 0.467 e. The Morgan fingerprint density at radius 3 is 2.72 bits per heavy atom. The molecule has 0 fully saturated rings. The maximum Gasteiger partial charge on any atom is 0.328 e. The van der Waals surface area contributed by atoms with Crippen LogP contribution < -0.4 is 10.9 Å². The van der Waals surface area contributed by atoms with Gasteiger partial charge in [-0.3, -0.25) is 9.36 Å². The second-order valence-electron chi connectivity index (χ2n) is 6.77. The fraction of sp³-hybridized carbons (Fsp3) is 0.611. The zero-order valence-electron chi connectivity index (χ0n) is 15.2. The highest BCUT2D eigenvalue weighted by atomic mass is 32.1. The van der Waals surface area contributed by atoms with Crippen LogP contribution in [0.3, 0.4) is 0 Å². The third-order valence-electron chi connectivity index (χ3n) is 4.80. The summed E-state index contributed by atoms with van der Waals surface area (Å²) in [7, 11) is 1.37. The topological polar surface area (TPSA) is 73.2 Å². The molecule has 1 unspecified atom stereocenters. The van der Waals surface area contributed by atoms with Crippen molar-refractivity contribution in [3.05, 3.63) is 20.8 Å². The molecule has 7 heteroatoms. The van der Waals surface area contributed by atoms with E-state index in [1.807, 2.05) is 20.8 Å². The summed E-state index contributed by atoms with van der Waals surface area (Å²) in [5.74, 6) is 0.113. The van der Waals surface area contributed by atoms with Gasteiger partial charge >= 0.3 is 5.97 Å². The SMILES string of the molecule is CCn1c(NC(C(=O)OC)C(C)C)nc2sc3c(c2c1=O)CCCC3. The predicted octanol–water partition coefficient (Wildman–Crippen LogP) is 2.97. The van der Waals surface area contributed by atoms with E-state index in [2.05, 4.69) is 5.32 Å². The van der Waals surface area contributed by atoms with Crippen molar-refractivity contribution < 1.29 is 9.53 Å². The van der Waals surface area contributed by atoms with Crippen molar-refractivity contribution in [3.63, 3.8) is 0 Å². The molecule has 0 saturated carbocycles. The summed E-state index contributed by atoms with van der Waals surface area (Å²) in [6, 6.07) is -0.540. The lowest BCUT2D eigenvalue weighted by molar-refractivity contribution is -0.142. The summed E-state index contributed by atoms with van der Waals surface area (Å²) in [5.41, 5.74) is 1.17. The lowest BCUT2D eigenvalue weighted by Crippen LogP contribution is -2.38. The van der Waals surface area contributed by atoms with Crippen molar-refractivity contribution in [3.8, 4) is 0 Å². The van der Waals surface area contributed by atoms with E-state index in [4.69, 9.17) is 9.72 Å². The molecule has 1 aliphatic carbocycles. The van der Waals surface area contributed by atoms with Crippen LogP contribution in [0.1, 0.15) is 44.1 Å². The van der Waals surface area contributed by atoms with Crippen LogP contribution in [0.25, 0.3) is 10.2 Å². The third-order valence-corrected chi connectivity index (χ3v) is 5.98. The number of hydrogen-bond acceptors (Lipinski definition) is 6. The van der Waals surface area contributed by atoms with Crippen LogP contribution in [0, 0.1) is 5.92 Å². The van der Waals surface area contributed by atoms with E-state index in [0.717, 1.165) is 29.5 Å². The minimum Gasteiger partial charge on any atom is -0.467 e. The molecule has 1 N–H and O–H groups in total. The Labute approximate surface area is 151 Å². The monoisotopic (exact) mass is 363 g/mol. The minimum absolute atomic E-state index is 0.0122. The normalized spacial score (nSPS) is 15.2. The molecule has 1 aliphatic rings. The Bertz CT molecular complexity index is 853. The summed E-state index contributed by atoms with van der Waals surface area (Å²) < 4.78 is 6.52. The summed E-state index contributed by atoms with van der Waals surface area (Å²) in [6.07, 6.45) is 4.29.